The van der Waals surface area contributed by atoms with Crippen LogP contribution in [0.25, 0.3) is 0 Å². The summed E-state index contributed by atoms with van der Waals surface area (Å²) >= 11 is 5.13. The molecule has 0 aliphatic carbocycles. The van der Waals surface area contributed by atoms with Gasteiger partial charge in [0.1, 0.15) is 0 Å². The molecule has 3 N–H and O–H groups in total. The van der Waals surface area contributed by atoms with Gasteiger partial charge >= 0.3 is 0 Å². The van der Waals surface area contributed by atoms with E-state index in [1.54, 1.807) is 18.4 Å². The fourth-order valence-electron chi connectivity index (χ4n) is 2.13. The molecule has 21 heavy (non-hydrogen) atoms. The fourth-order valence-corrected chi connectivity index (χ4v) is 3.82. The third-order valence-electron chi connectivity index (χ3n) is 3.25. The van der Waals surface area contributed by atoms with Crippen LogP contribution in [0.3, 0.4) is 0 Å². The second kappa shape index (κ2) is 9.53. The molecule has 1 heterocycles. The van der Waals surface area contributed by atoms with Crippen molar-refractivity contribution in [3.8, 4) is 0 Å². The van der Waals surface area contributed by atoms with Crippen molar-refractivity contribution >= 4 is 33.2 Å². The number of hydrogen-bond donors (Lipinski definition) is 2. The van der Waals surface area contributed by atoms with Crippen molar-refractivity contribution in [3.05, 3.63) is 20.8 Å². The normalized spacial score (nSPS) is 14.2. The maximum Gasteiger partial charge on any atom is 0.234 e. The van der Waals surface area contributed by atoms with Gasteiger partial charge in [-0.1, -0.05) is 6.92 Å². The molecule has 2 unspecified atom stereocenters. The molecule has 1 amide bonds. The Morgan fingerprint density at radius 2 is 2.33 bits per heavy atom. The number of ether oxygens (including phenoxy) is 1. The Labute approximate surface area is 139 Å². The quantitative estimate of drug-likeness (QED) is 0.645. The third-order valence-corrected chi connectivity index (χ3v) is 5.02. The summed E-state index contributed by atoms with van der Waals surface area (Å²) in [4.78, 5) is 15.1. The Hall–Kier alpha value is -0.470. The molecule has 0 aliphatic rings. The van der Waals surface area contributed by atoms with Crippen molar-refractivity contribution < 1.29 is 9.53 Å². The van der Waals surface area contributed by atoms with Gasteiger partial charge in [-0.2, -0.15) is 0 Å². The minimum atomic E-state index is -0.0153. The highest BCUT2D eigenvalue weighted by Gasteiger charge is 2.25. The van der Waals surface area contributed by atoms with Gasteiger partial charge in [-0.05, 0) is 35.5 Å². The van der Waals surface area contributed by atoms with Crippen LogP contribution in [0.15, 0.2) is 15.9 Å². The molecule has 0 fully saturated rings. The molecule has 0 saturated heterocycles. The first kappa shape index (κ1) is 18.6. The third kappa shape index (κ3) is 6.04. The number of carbonyl (C=O) groups excluding carboxylic acids is 1. The Balaban J connectivity index is 2.68. The van der Waals surface area contributed by atoms with Gasteiger partial charge in [0.15, 0.2) is 0 Å². The molecule has 5 nitrogen and oxygen atoms in total. The molecule has 0 aliphatic heterocycles. The van der Waals surface area contributed by atoms with Crippen LogP contribution >= 0.6 is 27.3 Å². The number of thiophene rings is 1. The van der Waals surface area contributed by atoms with Crippen LogP contribution < -0.4 is 11.1 Å². The van der Waals surface area contributed by atoms with E-state index >= 15 is 0 Å². The van der Waals surface area contributed by atoms with Crippen LogP contribution in [-0.2, 0) is 9.53 Å². The average molecular weight is 378 g/mol. The average Bonchev–Trinajstić information content (AvgIpc) is 2.85. The number of hydrogen-bond acceptors (Lipinski definition) is 5. The van der Waals surface area contributed by atoms with Gasteiger partial charge in [-0.15, -0.1) is 11.3 Å². The first-order chi connectivity index (χ1) is 9.99. The van der Waals surface area contributed by atoms with Crippen LogP contribution in [0.2, 0.25) is 0 Å². The molecule has 0 radical (unpaired) electrons. The number of rotatable bonds is 9. The number of nitrogens with zero attached hydrogens (tertiary/aromatic N) is 1. The smallest absolute Gasteiger partial charge is 0.234 e. The van der Waals surface area contributed by atoms with Crippen molar-refractivity contribution in [3.63, 3.8) is 0 Å². The lowest BCUT2D eigenvalue weighted by atomic mass is 10.0. The summed E-state index contributed by atoms with van der Waals surface area (Å²) in [5.74, 6) is -0.0153. The van der Waals surface area contributed by atoms with E-state index in [0.29, 0.717) is 19.7 Å². The fraction of sp³-hybridized carbons (Fsp3) is 0.643. The number of halogens is 1. The van der Waals surface area contributed by atoms with Gasteiger partial charge in [0.2, 0.25) is 5.91 Å². The first-order valence-electron chi connectivity index (χ1n) is 6.95. The van der Waals surface area contributed by atoms with Crippen LogP contribution in [0.4, 0.5) is 0 Å². The predicted octanol–water partition coefficient (Wildman–Crippen LogP) is 1.98. The second-order valence-electron chi connectivity index (χ2n) is 4.94. The molecular formula is C14H24BrN3O2S. The summed E-state index contributed by atoms with van der Waals surface area (Å²) in [6.07, 6.45) is 0.857. The maximum atomic E-state index is 11.9. The number of methoxy groups -OCH3 is 1. The molecule has 1 aromatic rings. The SMILES string of the molecule is CCC(N)C(c1cc(Br)cs1)N(C)CC(=O)NCCOC. The van der Waals surface area contributed by atoms with E-state index in [9.17, 15) is 4.79 Å². The molecule has 0 saturated carbocycles. The van der Waals surface area contributed by atoms with Crippen molar-refractivity contribution in [2.75, 3.05) is 33.9 Å². The van der Waals surface area contributed by atoms with Gasteiger partial charge in [-0.3, -0.25) is 9.69 Å². The van der Waals surface area contributed by atoms with Crippen molar-refractivity contribution in [2.45, 2.75) is 25.4 Å². The molecular weight excluding hydrogens is 354 g/mol. The number of nitrogens with one attached hydrogen (secondary N) is 1. The Bertz CT molecular complexity index is 442. The zero-order valence-electron chi connectivity index (χ0n) is 12.8. The van der Waals surface area contributed by atoms with Crippen LogP contribution in [-0.4, -0.2) is 50.7 Å². The minimum Gasteiger partial charge on any atom is -0.383 e. The summed E-state index contributed by atoms with van der Waals surface area (Å²) in [5.41, 5.74) is 6.25. The maximum absolute atomic E-state index is 11.9. The zero-order chi connectivity index (χ0) is 15.8. The lowest BCUT2D eigenvalue weighted by Gasteiger charge is -2.31. The Kier molecular flexibility index (Phi) is 8.43. The second-order valence-corrected chi connectivity index (χ2v) is 6.80. The van der Waals surface area contributed by atoms with E-state index < -0.39 is 0 Å². The Morgan fingerprint density at radius 3 is 2.86 bits per heavy atom. The summed E-state index contributed by atoms with van der Waals surface area (Å²) in [6, 6.07) is 2.11. The summed E-state index contributed by atoms with van der Waals surface area (Å²) in [7, 11) is 3.55. The van der Waals surface area contributed by atoms with E-state index in [2.05, 4.69) is 34.2 Å². The predicted molar refractivity (Wildman–Crippen MR) is 90.5 cm³/mol. The summed E-state index contributed by atoms with van der Waals surface area (Å²) < 4.78 is 5.97. The highest BCUT2D eigenvalue weighted by molar-refractivity contribution is 9.10. The van der Waals surface area contributed by atoms with Crippen LogP contribution in [0.5, 0.6) is 0 Å². The highest BCUT2D eigenvalue weighted by Crippen LogP contribution is 2.31. The number of carbonyl (C=O) groups is 1. The molecule has 2 atom stereocenters. The van der Waals surface area contributed by atoms with Gasteiger partial charge in [0.25, 0.3) is 0 Å². The first-order valence-corrected chi connectivity index (χ1v) is 8.62. The standard InChI is InChI=1S/C14H24BrN3O2S/c1-4-11(16)14(12-7-10(15)9-21-12)18(2)8-13(19)17-5-6-20-3/h7,9,11,14H,4-6,8,16H2,1-3H3,(H,17,19). The number of amides is 1. The topological polar surface area (TPSA) is 67.6 Å². The van der Waals surface area contributed by atoms with Gasteiger partial charge in [0, 0.05) is 34.4 Å². The van der Waals surface area contributed by atoms with Crippen LogP contribution in [0, 0.1) is 0 Å². The number of nitrogens with two attached hydrogens (primary N) is 1. The van der Waals surface area contributed by atoms with Crippen LogP contribution in [0.1, 0.15) is 24.3 Å². The van der Waals surface area contributed by atoms with Crippen molar-refractivity contribution in [1.29, 1.82) is 0 Å². The minimum absolute atomic E-state index is 0.00711. The van der Waals surface area contributed by atoms with Gasteiger partial charge in [-0.25, -0.2) is 0 Å². The van der Waals surface area contributed by atoms with E-state index in [1.165, 1.54) is 4.88 Å². The van der Waals surface area contributed by atoms with E-state index in [1.807, 2.05) is 17.3 Å². The summed E-state index contributed by atoms with van der Waals surface area (Å²) in [5, 5.41) is 4.87. The highest BCUT2D eigenvalue weighted by atomic mass is 79.9. The molecule has 1 aromatic heterocycles. The van der Waals surface area contributed by atoms with Crippen molar-refractivity contribution in [1.82, 2.24) is 10.2 Å². The molecule has 1 rings (SSSR count). The van der Waals surface area contributed by atoms with Crippen molar-refractivity contribution in [2.24, 2.45) is 5.73 Å². The van der Waals surface area contributed by atoms with E-state index in [4.69, 9.17) is 10.5 Å². The lowest BCUT2D eigenvalue weighted by Crippen LogP contribution is -2.43. The van der Waals surface area contributed by atoms with Gasteiger partial charge < -0.3 is 15.8 Å². The molecule has 120 valence electrons. The zero-order valence-corrected chi connectivity index (χ0v) is 15.2. The van der Waals surface area contributed by atoms with E-state index in [-0.39, 0.29) is 18.0 Å². The lowest BCUT2D eigenvalue weighted by molar-refractivity contribution is -0.122. The summed E-state index contributed by atoms with van der Waals surface area (Å²) in [6.45, 7) is 3.42. The largest absolute Gasteiger partial charge is 0.383 e. The molecule has 0 spiro atoms. The molecule has 0 aromatic carbocycles. The van der Waals surface area contributed by atoms with Gasteiger partial charge in [0.05, 0.1) is 19.2 Å². The monoisotopic (exact) mass is 377 g/mol. The molecule has 0 bridgehead atoms. The number of likely N-dealkylation sites (N-methyl/N-ethyl adjacent to an activating group) is 1. The van der Waals surface area contributed by atoms with E-state index in [0.717, 1.165) is 10.9 Å². The molecule has 7 heteroatoms. The Morgan fingerprint density at radius 1 is 1.62 bits per heavy atom.